The molecule has 0 bridgehead atoms. The van der Waals surface area contributed by atoms with Crippen molar-refractivity contribution < 1.29 is 22.7 Å². The van der Waals surface area contributed by atoms with Gasteiger partial charge in [-0.05, 0) is 42.8 Å². The summed E-state index contributed by atoms with van der Waals surface area (Å²) in [6.45, 7) is 1.74. The summed E-state index contributed by atoms with van der Waals surface area (Å²) < 4.78 is 38.2. The quantitative estimate of drug-likeness (QED) is 0.883. The summed E-state index contributed by atoms with van der Waals surface area (Å²) in [7, 11) is -2.44. The molecule has 1 heterocycles. The molecule has 7 nitrogen and oxygen atoms in total. The molecule has 2 aromatic rings. The molecular weight excluding hydrogens is 332 g/mol. The molecule has 2 aromatic carbocycles. The molecule has 24 heavy (non-hydrogen) atoms. The van der Waals surface area contributed by atoms with Gasteiger partial charge < -0.3 is 14.8 Å². The van der Waals surface area contributed by atoms with E-state index in [4.69, 9.17) is 9.47 Å². The smallest absolute Gasteiger partial charge is 0.265 e. The lowest BCUT2D eigenvalue weighted by Gasteiger charge is -2.19. The van der Waals surface area contributed by atoms with Crippen LogP contribution in [0.3, 0.4) is 0 Å². The van der Waals surface area contributed by atoms with E-state index in [-0.39, 0.29) is 23.2 Å². The van der Waals surface area contributed by atoms with E-state index < -0.39 is 10.0 Å². The van der Waals surface area contributed by atoms with Crippen molar-refractivity contribution in [2.75, 3.05) is 23.8 Å². The van der Waals surface area contributed by atoms with Crippen LogP contribution in [0.2, 0.25) is 0 Å². The van der Waals surface area contributed by atoms with Crippen LogP contribution in [-0.4, -0.2) is 28.0 Å². The number of anilines is 2. The van der Waals surface area contributed by atoms with E-state index in [0.717, 1.165) is 5.56 Å². The minimum atomic E-state index is -3.85. The number of amides is 1. The van der Waals surface area contributed by atoms with Gasteiger partial charge in [-0.25, -0.2) is 8.42 Å². The highest BCUT2D eigenvalue weighted by molar-refractivity contribution is 7.92. The summed E-state index contributed by atoms with van der Waals surface area (Å²) in [4.78, 5) is 11.4. The first-order chi connectivity index (χ1) is 11.4. The number of rotatable bonds is 4. The van der Waals surface area contributed by atoms with E-state index in [0.29, 0.717) is 17.1 Å². The molecular formula is C16H16N2O5S. The van der Waals surface area contributed by atoms with Crippen molar-refractivity contribution in [1.82, 2.24) is 0 Å². The maximum absolute atomic E-state index is 12.7. The Morgan fingerprint density at radius 3 is 2.75 bits per heavy atom. The van der Waals surface area contributed by atoms with Crippen molar-refractivity contribution in [3.63, 3.8) is 0 Å². The topological polar surface area (TPSA) is 93.7 Å². The molecule has 0 aliphatic carbocycles. The minimum absolute atomic E-state index is 0.0445. The van der Waals surface area contributed by atoms with Gasteiger partial charge in [0, 0.05) is 0 Å². The van der Waals surface area contributed by atoms with Crippen LogP contribution in [0.4, 0.5) is 11.4 Å². The second kappa shape index (κ2) is 6.04. The van der Waals surface area contributed by atoms with Crippen molar-refractivity contribution in [3.05, 3.63) is 42.0 Å². The summed E-state index contributed by atoms with van der Waals surface area (Å²) >= 11 is 0. The zero-order valence-electron chi connectivity index (χ0n) is 13.1. The lowest BCUT2D eigenvalue weighted by molar-refractivity contribution is -0.118. The molecule has 1 aliphatic heterocycles. The first-order valence-corrected chi connectivity index (χ1v) is 8.61. The number of ether oxygens (including phenoxy) is 2. The summed E-state index contributed by atoms with van der Waals surface area (Å²) in [5, 5.41) is 2.63. The normalized spacial score (nSPS) is 13.5. The average molecular weight is 348 g/mol. The third-order valence-corrected chi connectivity index (χ3v) is 4.88. The number of hydrogen-bond acceptors (Lipinski definition) is 5. The molecule has 0 atom stereocenters. The van der Waals surface area contributed by atoms with Crippen molar-refractivity contribution in [1.29, 1.82) is 0 Å². The fourth-order valence-corrected chi connectivity index (χ4v) is 3.66. The van der Waals surface area contributed by atoms with Gasteiger partial charge in [0.2, 0.25) is 0 Å². The maximum Gasteiger partial charge on any atom is 0.265 e. The Hall–Kier alpha value is -2.74. The van der Waals surface area contributed by atoms with Crippen LogP contribution in [0.15, 0.2) is 41.3 Å². The highest BCUT2D eigenvalue weighted by Gasteiger charge is 2.22. The zero-order valence-corrected chi connectivity index (χ0v) is 13.9. The third kappa shape index (κ3) is 3.13. The summed E-state index contributed by atoms with van der Waals surface area (Å²) in [6.07, 6.45) is 0. The van der Waals surface area contributed by atoms with E-state index in [9.17, 15) is 13.2 Å². The van der Waals surface area contributed by atoms with Gasteiger partial charge in [-0.2, -0.15) is 0 Å². The van der Waals surface area contributed by atoms with Crippen LogP contribution in [0, 0.1) is 6.92 Å². The highest BCUT2D eigenvalue weighted by atomic mass is 32.2. The summed E-state index contributed by atoms with van der Waals surface area (Å²) in [5.41, 5.74) is 1.52. The summed E-state index contributed by atoms with van der Waals surface area (Å²) in [6, 6.07) is 9.57. The van der Waals surface area contributed by atoms with Crippen molar-refractivity contribution in [2.45, 2.75) is 11.8 Å². The molecule has 0 spiro atoms. The molecule has 0 radical (unpaired) electrons. The zero-order chi connectivity index (χ0) is 17.3. The number of carbonyl (C=O) groups is 1. The lowest BCUT2D eigenvalue weighted by atomic mass is 10.2. The molecule has 126 valence electrons. The van der Waals surface area contributed by atoms with E-state index >= 15 is 0 Å². The molecule has 1 aliphatic rings. The Balaban J connectivity index is 1.94. The Bertz CT molecular complexity index is 909. The fraction of sp³-hybridized carbons (Fsp3) is 0.188. The van der Waals surface area contributed by atoms with Crippen LogP contribution >= 0.6 is 0 Å². The molecule has 0 fully saturated rings. The van der Waals surface area contributed by atoms with Gasteiger partial charge in [0.15, 0.2) is 6.61 Å². The highest BCUT2D eigenvalue weighted by Crippen LogP contribution is 2.32. The number of sulfonamides is 1. The van der Waals surface area contributed by atoms with Crippen molar-refractivity contribution in [3.8, 4) is 11.5 Å². The van der Waals surface area contributed by atoms with E-state index in [1.165, 1.54) is 19.2 Å². The van der Waals surface area contributed by atoms with E-state index in [2.05, 4.69) is 10.0 Å². The Morgan fingerprint density at radius 1 is 1.21 bits per heavy atom. The monoisotopic (exact) mass is 348 g/mol. The van der Waals surface area contributed by atoms with Gasteiger partial charge in [0.05, 0.1) is 18.5 Å². The van der Waals surface area contributed by atoms with E-state index in [1.807, 2.05) is 0 Å². The predicted molar refractivity (Wildman–Crippen MR) is 89.1 cm³/mol. The number of hydrogen-bond donors (Lipinski definition) is 2. The standard InChI is InChI=1S/C16H16N2O5S/c1-10-3-5-14(22-2)15(7-10)24(20,21)18-11-4-6-13-12(8-11)17-16(19)9-23-13/h3-8,18H,9H2,1-2H3,(H,17,19). The van der Waals surface area contributed by atoms with Crippen LogP contribution in [-0.2, 0) is 14.8 Å². The number of carbonyl (C=O) groups excluding carboxylic acids is 1. The van der Waals surface area contributed by atoms with Gasteiger partial charge in [-0.1, -0.05) is 6.07 Å². The second-order valence-electron chi connectivity index (χ2n) is 5.31. The Morgan fingerprint density at radius 2 is 2.00 bits per heavy atom. The number of benzene rings is 2. The van der Waals surface area contributed by atoms with E-state index in [1.54, 1.807) is 31.2 Å². The first kappa shape index (κ1) is 16.1. The van der Waals surface area contributed by atoms with Gasteiger partial charge in [0.1, 0.15) is 16.4 Å². The number of methoxy groups -OCH3 is 1. The van der Waals surface area contributed by atoms with Gasteiger partial charge >= 0.3 is 0 Å². The largest absolute Gasteiger partial charge is 0.495 e. The average Bonchev–Trinajstić information content (AvgIpc) is 2.54. The lowest BCUT2D eigenvalue weighted by Crippen LogP contribution is -2.25. The molecule has 1 amide bonds. The van der Waals surface area contributed by atoms with Gasteiger partial charge in [-0.15, -0.1) is 0 Å². The maximum atomic E-state index is 12.7. The molecule has 0 saturated carbocycles. The van der Waals surface area contributed by atoms with Gasteiger partial charge in [0.25, 0.3) is 15.9 Å². The SMILES string of the molecule is COc1ccc(C)cc1S(=O)(=O)Nc1ccc2c(c1)NC(=O)CO2. The molecule has 2 N–H and O–H groups in total. The number of aryl methyl sites for hydroxylation is 1. The third-order valence-electron chi connectivity index (χ3n) is 3.47. The molecule has 0 aromatic heterocycles. The van der Waals surface area contributed by atoms with Crippen LogP contribution in [0.5, 0.6) is 11.5 Å². The Labute approximate surface area is 139 Å². The predicted octanol–water partition coefficient (Wildman–Crippen LogP) is 2.14. The van der Waals surface area contributed by atoms with Gasteiger partial charge in [-0.3, -0.25) is 9.52 Å². The van der Waals surface area contributed by atoms with Crippen molar-refractivity contribution >= 4 is 27.3 Å². The minimum Gasteiger partial charge on any atom is -0.495 e. The number of nitrogens with one attached hydrogen (secondary N) is 2. The molecule has 3 rings (SSSR count). The molecule has 8 heteroatoms. The second-order valence-corrected chi connectivity index (χ2v) is 6.96. The van der Waals surface area contributed by atoms with Crippen LogP contribution in [0.25, 0.3) is 0 Å². The first-order valence-electron chi connectivity index (χ1n) is 7.13. The number of fused-ring (bicyclic) bond motifs is 1. The summed E-state index contributed by atoms with van der Waals surface area (Å²) in [5.74, 6) is 0.455. The van der Waals surface area contributed by atoms with Crippen LogP contribution < -0.4 is 19.5 Å². The molecule has 0 saturated heterocycles. The van der Waals surface area contributed by atoms with Crippen LogP contribution in [0.1, 0.15) is 5.56 Å². The Kier molecular flexibility index (Phi) is 4.06. The fourth-order valence-electron chi connectivity index (χ4n) is 2.35. The molecule has 0 unspecified atom stereocenters. The van der Waals surface area contributed by atoms with Crippen molar-refractivity contribution in [2.24, 2.45) is 0 Å².